The Hall–Kier alpha value is -1.21. The maximum Gasteiger partial charge on any atom is 0.228 e. The zero-order valence-electron chi connectivity index (χ0n) is 15.3. The van der Waals surface area contributed by atoms with E-state index in [1.807, 2.05) is 24.4 Å². The van der Waals surface area contributed by atoms with Gasteiger partial charge in [0.25, 0.3) is 0 Å². The molecule has 148 valence electrons. The Labute approximate surface area is 176 Å². The number of amides is 1. The molecule has 1 aliphatic heterocycles. The van der Waals surface area contributed by atoms with Crippen LogP contribution in [0.5, 0.6) is 0 Å². The molecule has 8 heteroatoms. The average Bonchev–Trinajstić information content (AvgIpc) is 3.30. The minimum atomic E-state index is -0.211. The lowest BCUT2D eigenvalue weighted by atomic mass is 9.67. The van der Waals surface area contributed by atoms with Gasteiger partial charge in [0.15, 0.2) is 0 Å². The molecule has 0 bridgehead atoms. The van der Waals surface area contributed by atoms with Gasteiger partial charge in [-0.1, -0.05) is 12.8 Å². The number of pyridine rings is 1. The fourth-order valence-electron chi connectivity index (χ4n) is 4.23. The van der Waals surface area contributed by atoms with Crippen LogP contribution in [-0.4, -0.2) is 29.0 Å². The molecule has 2 N–H and O–H groups in total. The minimum absolute atomic E-state index is 0. The summed E-state index contributed by atoms with van der Waals surface area (Å²) < 4.78 is 0. The second kappa shape index (κ2) is 9.32. The summed E-state index contributed by atoms with van der Waals surface area (Å²) in [6.07, 6.45) is 8.12. The average molecular weight is 429 g/mol. The van der Waals surface area contributed by atoms with Gasteiger partial charge in [0.05, 0.1) is 17.2 Å². The van der Waals surface area contributed by atoms with Crippen molar-refractivity contribution in [1.82, 2.24) is 20.6 Å². The molecule has 4 rings (SSSR count). The summed E-state index contributed by atoms with van der Waals surface area (Å²) in [7, 11) is 0. The highest BCUT2D eigenvalue weighted by Crippen LogP contribution is 2.44. The molecule has 3 atom stereocenters. The normalized spacial score (nSPS) is 24.9. The molecule has 3 heterocycles. The van der Waals surface area contributed by atoms with Crippen LogP contribution >= 0.6 is 36.2 Å². The number of fused-ring (bicyclic) bond motifs is 1. The van der Waals surface area contributed by atoms with Crippen molar-refractivity contribution in [3.63, 3.8) is 0 Å². The Kier molecular flexibility index (Phi) is 7.63. The fraction of sp³-hybridized carbons (Fsp3) is 0.526. The molecule has 1 unspecified atom stereocenters. The number of carbonyl (C=O) groups excluding carboxylic acids is 1. The molecule has 27 heavy (non-hydrogen) atoms. The number of carbonyl (C=O) groups is 1. The third-order valence-corrected chi connectivity index (χ3v) is 6.73. The van der Waals surface area contributed by atoms with Gasteiger partial charge in [-0.3, -0.25) is 9.78 Å². The number of thiazole rings is 1. The molecule has 2 fully saturated rings. The summed E-state index contributed by atoms with van der Waals surface area (Å²) in [5.74, 6) is 0.687. The first-order chi connectivity index (χ1) is 12.2. The maximum atomic E-state index is 13.1. The highest BCUT2D eigenvalue weighted by Gasteiger charge is 2.50. The van der Waals surface area contributed by atoms with Crippen molar-refractivity contribution in [2.24, 2.45) is 11.3 Å². The van der Waals surface area contributed by atoms with E-state index in [-0.39, 0.29) is 42.2 Å². The van der Waals surface area contributed by atoms with Crippen molar-refractivity contribution in [2.75, 3.05) is 13.1 Å². The monoisotopic (exact) mass is 428 g/mol. The third kappa shape index (κ3) is 4.29. The van der Waals surface area contributed by atoms with Crippen LogP contribution in [-0.2, 0) is 4.79 Å². The van der Waals surface area contributed by atoms with E-state index in [4.69, 9.17) is 4.98 Å². The van der Waals surface area contributed by atoms with Gasteiger partial charge in [-0.15, -0.1) is 36.2 Å². The fourth-order valence-corrected chi connectivity index (χ4v) is 5.07. The van der Waals surface area contributed by atoms with Gasteiger partial charge in [-0.05, 0) is 44.4 Å². The zero-order chi connectivity index (χ0) is 17.3. The summed E-state index contributed by atoms with van der Waals surface area (Å²) in [5, 5.41) is 9.70. The second-order valence-corrected chi connectivity index (χ2v) is 8.12. The number of aromatic nitrogens is 2. The van der Waals surface area contributed by atoms with Crippen molar-refractivity contribution < 1.29 is 4.79 Å². The smallest absolute Gasteiger partial charge is 0.228 e. The van der Waals surface area contributed by atoms with E-state index in [2.05, 4.69) is 15.6 Å². The van der Waals surface area contributed by atoms with Crippen molar-refractivity contribution in [3.05, 3.63) is 34.9 Å². The lowest BCUT2D eigenvalue weighted by molar-refractivity contribution is -0.134. The Morgan fingerprint density at radius 2 is 2.11 bits per heavy atom. The van der Waals surface area contributed by atoms with E-state index in [0.717, 1.165) is 48.6 Å². The van der Waals surface area contributed by atoms with Crippen LogP contribution in [0, 0.1) is 11.3 Å². The van der Waals surface area contributed by atoms with E-state index in [1.54, 1.807) is 23.7 Å². The first-order valence-electron chi connectivity index (χ1n) is 9.06. The number of hydrogen-bond acceptors (Lipinski definition) is 5. The number of rotatable bonds is 4. The summed E-state index contributed by atoms with van der Waals surface area (Å²) in [4.78, 5) is 21.8. The van der Waals surface area contributed by atoms with Crippen LogP contribution in [0.15, 0.2) is 29.9 Å². The van der Waals surface area contributed by atoms with Crippen LogP contribution in [0.4, 0.5) is 0 Å². The highest BCUT2D eigenvalue weighted by atomic mass is 35.5. The van der Waals surface area contributed by atoms with Gasteiger partial charge in [0, 0.05) is 29.9 Å². The number of nitrogens with zero attached hydrogens (tertiary/aromatic N) is 2. The van der Waals surface area contributed by atoms with Gasteiger partial charge in [-0.2, -0.15) is 0 Å². The maximum absolute atomic E-state index is 13.1. The largest absolute Gasteiger partial charge is 0.347 e. The quantitative estimate of drug-likeness (QED) is 0.771. The molecule has 0 aromatic carbocycles. The van der Waals surface area contributed by atoms with Gasteiger partial charge >= 0.3 is 0 Å². The lowest BCUT2D eigenvalue weighted by Gasteiger charge is -2.37. The Bertz CT molecular complexity index is 757. The van der Waals surface area contributed by atoms with Gasteiger partial charge in [0.2, 0.25) is 5.91 Å². The van der Waals surface area contributed by atoms with Gasteiger partial charge < -0.3 is 10.6 Å². The molecule has 1 saturated carbocycles. The summed E-state index contributed by atoms with van der Waals surface area (Å²) in [5.41, 5.74) is 1.79. The molecule has 0 spiro atoms. The number of halogens is 2. The lowest BCUT2D eigenvalue weighted by Crippen LogP contribution is -2.48. The Morgan fingerprint density at radius 3 is 2.89 bits per heavy atom. The van der Waals surface area contributed by atoms with Gasteiger partial charge in [-0.25, -0.2) is 4.98 Å². The van der Waals surface area contributed by atoms with Crippen LogP contribution in [0.2, 0.25) is 0 Å². The first-order valence-corrected chi connectivity index (χ1v) is 9.94. The summed E-state index contributed by atoms with van der Waals surface area (Å²) in [6.45, 7) is 3.82. The molecule has 5 nitrogen and oxygen atoms in total. The SMILES string of the molecule is CC(NC(=O)[C@@]12CCCC[C@H]1CNC2)c1nc(-c2ccncc2)cs1.Cl.Cl. The molecular formula is C19H26Cl2N4OS. The van der Waals surface area contributed by atoms with E-state index in [9.17, 15) is 4.79 Å². The molecule has 1 aliphatic carbocycles. The number of nitrogens with one attached hydrogen (secondary N) is 2. The molecule has 2 aliphatic rings. The summed E-state index contributed by atoms with van der Waals surface area (Å²) >= 11 is 1.60. The minimum Gasteiger partial charge on any atom is -0.347 e. The number of hydrogen-bond donors (Lipinski definition) is 2. The van der Waals surface area contributed by atoms with Crippen molar-refractivity contribution in [2.45, 2.75) is 38.6 Å². The molecular weight excluding hydrogens is 403 g/mol. The van der Waals surface area contributed by atoms with Crippen LogP contribution < -0.4 is 10.6 Å². The predicted molar refractivity (Wildman–Crippen MR) is 114 cm³/mol. The first kappa shape index (κ1) is 22.1. The van der Waals surface area contributed by atoms with E-state index >= 15 is 0 Å². The van der Waals surface area contributed by atoms with Gasteiger partial charge in [0.1, 0.15) is 5.01 Å². The van der Waals surface area contributed by atoms with E-state index in [0.29, 0.717) is 5.92 Å². The Morgan fingerprint density at radius 1 is 1.33 bits per heavy atom. The second-order valence-electron chi connectivity index (χ2n) is 7.23. The zero-order valence-corrected chi connectivity index (χ0v) is 17.8. The molecule has 2 aromatic heterocycles. The van der Waals surface area contributed by atoms with Crippen LogP contribution in [0.1, 0.15) is 43.7 Å². The van der Waals surface area contributed by atoms with E-state index < -0.39 is 0 Å². The van der Waals surface area contributed by atoms with Crippen molar-refractivity contribution in [1.29, 1.82) is 0 Å². The molecule has 1 saturated heterocycles. The predicted octanol–water partition coefficient (Wildman–Crippen LogP) is 4.01. The molecule has 0 radical (unpaired) electrons. The van der Waals surface area contributed by atoms with Crippen molar-refractivity contribution in [3.8, 4) is 11.3 Å². The summed E-state index contributed by atoms with van der Waals surface area (Å²) in [6, 6.07) is 3.85. The molecule has 1 amide bonds. The highest BCUT2D eigenvalue weighted by molar-refractivity contribution is 7.10. The molecule has 2 aromatic rings. The Balaban J connectivity index is 0.00000131. The third-order valence-electron chi connectivity index (χ3n) is 5.71. The van der Waals surface area contributed by atoms with Crippen LogP contribution in [0.3, 0.4) is 0 Å². The standard InChI is InChI=1S/C19H24N4OS.2ClH/c1-13(17-23-16(11-25-17)14-5-8-20-9-6-14)22-18(24)19-7-3-2-4-15(19)10-21-12-19;;/h5-6,8-9,11,13,15,21H,2-4,7,10,12H2,1H3,(H,22,24);2*1H/t13?,15-,19+;;/m0../s1. The van der Waals surface area contributed by atoms with Crippen LogP contribution in [0.25, 0.3) is 11.3 Å². The topological polar surface area (TPSA) is 66.9 Å². The van der Waals surface area contributed by atoms with E-state index in [1.165, 1.54) is 6.42 Å². The van der Waals surface area contributed by atoms with Crippen molar-refractivity contribution >= 4 is 42.1 Å².